The van der Waals surface area contributed by atoms with Gasteiger partial charge in [-0.3, -0.25) is 9.10 Å². The zero-order valence-corrected chi connectivity index (χ0v) is 23.8. The molecule has 210 valence electrons. The van der Waals surface area contributed by atoms with Crippen molar-refractivity contribution in [2.24, 2.45) is 0 Å². The third-order valence-electron chi connectivity index (χ3n) is 5.91. The SMILES string of the molecule is COc1ccc(OC)c(N(CC(=O)NCCOc2cc(C)ccc2C)S(=O)(=O)c2ccc(OC)c(OC)c2)c1. The minimum absolute atomic E-state index is 0.101. The number of nitrogens with one attached hydrogen (secondary N) is 1. The van der Waals surface area contributed by atoms with E-state index in [1.54, 1.807) is 12.1 Å². The van der Waals surface area contributed by atoms with Gasteiger partial charge in [0, 0.05) is 12.1 Å². The van der Waals surface area contributed by atoms with Crippen LogP contribution in [0.25, 0.3) is 0 Å². The molecule has 0 heterocycles. The maximum Gasteiger partial charge on any atom is 0.265 e. The van der Waals surface area contributed by atoms with E-state index < -0.39 is 22.5 Å². The van der Waals surface area contributed by atoms with Gasteiger partial charge >= 0.3 is 0 Å². The Kier molecular flexibility index (Phi) is 9.89. The van der Waals surface area contributed by atoms with Crippen molar-refractivity contribution in [1.82, 2.24) is 5.32 Å². The molecular weight excluding hydrogens is 524 g/mol. The van der Waals surface area contributed by atoms with Crippen molar-refractivity contribution in [3.63, 3.8) is 0 Å². The molecule has 0 saturated heterocycles. The summed E-state index contributed by atoms with van der Waals surface area (Å²) in [5, 5.41) is 2.73. The van der Waals surface area contributed by atoms with Crippen LogP contribution in [0.4, 0.5) is 5.69 Å². The number of benzene rings is 3. The summed E-state index contributed by atoms with van der Waals surface area (Å²) in [5.41, 5.74) is 2.17. The van der Waals surface area contributed by atoms with Gasteiger partial charge in [0.1, 0.15) is 30.4 Å². The molecule has 3 rings (SSSR count). The Labute approximate surface area is 229 Å². The van der Waals surface area contributed by atoms with E-state index in [-0.39, 0.29) is 35.2 Å². The second-order valence-electron chi connectivity index (χ2n) is 8.53. The Bertz CT molecular complexity index is 1410. The Morgan fingerprint density at radius 2 is 1.49 bits per heavy atom. The van der Waals surface area contributed by atoms with Crippen LogP contribution in [-0.2, 0) is 14.8 Å². The molecule has 0 aliphatic rings. The summed E-state index contributed by atoms with van der Waals surface area (Å²) in [4.78, 5) is 12.9. The van der Waals surface area contributed by atoms with Gasteiger partial charge in [-0.05, 0) is 55.3 Å². The molecule has 1 amide bonds. The first-order valence-corrected chi connectivity index (χ1v) is 13.5. The average molecular weight is 559 g/mol. The zero-order chi connectivity index (χ0) is 28.6. The van der Waals surface area contributed by atoms with Crippen molar-refractivity contribution in [2.45, 2.75) is 18.7 Å². The lowest BCUT2D eigenvalue weighted by Crippen LogP contribution is -2.42. The molecule has 0 aliphatic carbocycles. The van der Waals surface area contributed by atoms with E-state index in [9.17, 15) is 13.2 Å². The fourth-order valence-electron chi connectivity index (χ4n) is 3.80. The van der Waals surface area contributed by atoms with Gasteiger partial charge < -0.3 is 29.0 Å². The van der Waals surface area contributed by atoms with Crippen LogP contribution in [-0.4, -0.2) is 62.5 Å². The summed E-state index contributed by atoms with van der Waals surface area (Å²) in [7, 11) is 1.46. The highest BCUT2D eigenvalue weighted by molar-refractivity contribution is 7.92. The zero-order valence-electron chi connectivity index (χ0n) is 22.9. The van der Waals surface area contributed by atoms with Gasteiger partial charge in [-0.1, -0.05) is 12.1 Å². The number of amides is 1. The number of ether oxygens (including phenoxy) is 5. The number of rotatable bonds is 13. The fourth-order valence-corrected chi connectivity index (χ4v) is 5.24. The third-order valence-corrected chi connectivity index (χ3v) is 7.67. The minimum atomic E-state index is -4.28. The Morgan fingerprint density at radius 3 is 2.15 bits per heavy atom. The maximum absolute atomic E-state index is 13.9. The number of nitrogens with zero attached hydrogens (tertiary/aromatic N) is 1. The lowest BCUT2D eigenvalue weighted by atomic mass is 10.1. The number of carbonyl (C=O) groups is 1. The van der Waals surface area contributed by atoms with Crippen molar-refractivity contribution >= 4 is 21.6 Å². The summed E-state index contributed by atoms with van der Waals surface area (Å²) < 4.78 is 55.9. The molecule has 3 aromatic rings. The number of methoxy groups -OCH3 is 4. The number of carbonyl (C=O) groups excluding carboxylic acids is 1. The first-order chi connectivity index (χ1) is 18.6. The normalized spacial score (nSPS) is 10.9. The molecule has 11 heteroatoms. The van der Waals surface area contributed by atoms with Crippen LogP contribution < -0.4 is 33.3 Å². The molecule has 0 unspecified atom stereocenters. The monoisotopic (exact) mass is 558 g/mol. The van der Waals surface area contributed by atoms with Crippen LogP contribution in [0.2, 0.25) is 0 Å². The topological polar surface area (TPSA) is 113 Å². The van der Waals surface area contributed by atoms with Gasteiger partial charge in [-0.15, -0.1) is 0 Å². The molecule has 1 N–H and O–H groups in total. The molecular formula is C28H34N2O8S. The fraction of sp³-hybridized carbons (Fsp3) is 0.321. The van der Waals surface area contributed by atoms with Crippen molar-refractivity contribution in [2.75, 3.05) is 52.4 Å². The first kappa shape index (κ1) is 29.4. The van der Waals surface area contributed by atoms with Crippen LogP contribution in [0.15, 0.2) is 59.5 Å². The molecule has 0 fully saturated rings. The maximum atomic E-state index is 13.9. The van der Waals surface area contributed by atoms with Crippen molar-refractivity contribution < 1.29 is 36.9 Å². The number of sulfonamides is 1. The first-order valence-electron chi connectivity index (χ1n) is 12.1. The predicted molar refractivity (Wildman–Crippen MR) is 148 cm³/mol. The van der Waals surface area contributed by atoms with Gasteiger partial charge in [0.2, 0.25) is 5.91 Å². The van der Waals surface area contributed by atoms with Gasteiger partial charge in [-0.25, -0.2) is 8.42 Å². The van der Waals surface area contributed by atoms with E-state index in [1.165, 1.54) is 52.7 Å². The van der Waals surface area contributed by atoms with Crippen LogP contribution in [0.1, 0.15) is 11.1 Å². The van der Waals surface area contributed by atoms with Crippen LogP contribution in [0.3, 0.4) is 0 Å². The highest BCUT2D eigenvalue weighted by atomic mass is 32.2. The smallest absolute Gasteiger partial charge is 0.265 e. The second kappa shape index (κ2) is 13.1. The molecule has 0 radical (unpaired) electrons. The largest absolute Gasteiger partial charge is 0.497 e. The van der Waals surface area contributed by atoms with Crippen LogP contribution in [0.5, 0.6) is 28.7 Å². The van der Waals surface area contributed by atoms with Crippen molar-refractivity contribution in [3.05, 3.63) is 65.7 Å². The predicted octanol–water partition coefficient (Wildman–Crippen LogP) is 3.73. The average Bonchev–Trinajstić information content (AvgIpc) is 2.94. The molecule has 3 aromatic carbocycles. The minimum Gasteiger partial charge on any atom is -0.497 e. The molecule has 0 aromatic heterocycles. The summed E-state index contributed by atoms with van der Waals surface area (Å²) in [6, 6.07) is 14.8. The summed E-state index contributed by atoms with van der Waals surface area (Å²) in [6.45, 7) is 3.76. The van der Waals surface area contributed by atoms with Crippen molar-refractivity contribution in [1.29, 1.82) is 0 Å². The highest BCUT2D eigenvalue weighted by Gasteiger charge is 2.31. The van der Waals surface area contributed by atoms with Crippen LogP contribution in [0, 0.1) is 13.8 Å². The van der Waals surface area contributed by atoms with E-state index in [0.717, 1.165) is 21.2 Å². The highest BCUT2D eigenvalue weighted by Crippen LogP contribution is 2.37. The molecule has 10 nitrogen and oxygen atoms in total. The molecule has 0 saturated carbocycles. The summed E-state index contributed by atoms with van der Waals surface area (Å²) in [5.74, 6) is 1.41. The van der Waals surface area contributed by atoms with E-state index >= 15 is 0 Å². The second-order valence-corrected chi connectivity index (χ2v) is 10.4. The van der Waals surface area contributed by atoms with Gasteiger partial charge in [-0.2, -0.15) is 0 Å². The molecule has 0 atom stereocenters. The summed E-state index contributed by atoms with van der Waals surface area (Å²) >= 11 is 0. The Balaban J connectivity index is 1.88. The Morgan fingerprint density at radius 1 is 0.795 bits per heavy atom. The quantitative estimate of drug-likeness (QED) is 0.316. The van der Waals surface area contributed by atoms with E-state index in [0.29, 0.717) is 11.5 Å². The molecule has 0 aliphatic heterocycles. The lowest BCUT2D eigenvalue weighted by molar-refractivity contribution is -0.119. The third kappa shape index (κ3) is 7.05. The number of aryl methyl sites for hydroxylation is 2. The lowest BCUT2D eigenvalue weighted by Gasteiger charge is -2.26. The van der Waals surface area contributed by atoms with Crippen LogP contribution >= 0.6 is 0 Å². The standard InChI is InChI=1S/C28H34N2O8S/c1-19-7-8-20(2)26(15-19)38-14-13-29-28(31)18-30(23-16-21(34-3)9-11-24(23)35-4)39(32,33)22-10-12-25(36-5)27(17-22)37-6/h7-12,15-17H,13-14,18H2,1-6H3,(H,29,31). The summed E-state index contributed by atoms with van der Waals surface area (Å²) in [6.07, 6.45) is 0. The van der Waals surface area contributed by atoms with E-state index in [4.69, 9.17) is 23.7 Å². The van der Waals surface area contributed by atoms with Gasteiger partial charge in [0.05, 0.1) is 45.6 Å². The Hall–Kier alpha value is -4.12. The van der Waals surface area contributed by atoms with E-state index in [2.05, 4.69) is 5.32 Å². The molecule has 0 spiro atoms. The van der Waals surface area contributed by atoms with E-state index in [1.807, 2.05) is 32.0 Å². The number of anilines is 1. The van der Waals surface area contributed by atoms with Gasteiger partial charge in [0.15, 0.2) is 11.5 Å². The molecule has 0 bridgehead atoms. The van der Waals surface area contributed by atoms with Gasteiger partial charge in [0.25, 0.3) is 10.0 Å². The van der Waals surface area contributed by atoms with Crippen molar-refractivity contribution in [3.8, 4) is 28.7 Å². The number of hydrogen-bond donors (Lipinski definition) is 1. The number of hydrogen-bond acceptors (Lipinski definition) is 8. The molecule has 39 heavy (non-hydrogen) atoms.